The quantitative estimate of drug-likeness (QED) is 0.221. The van der Waals surface area contributed by atoms with Crippen molar-refractivity contribution in [2.75, 3.05) is 11.9 Å². The standard InChI is InChI=1S/C33H24Cl2N2O4/c1-19-10-14-21(15-11-19)41-22-16-12-20(13-17-22)36-27(38)18-37-30(39)28-29(31(37)40)33(35)24-7-3-2-6-23(24)32(28,34)25-8-4-5-9-26(25)33/h2-17,28-29H,18H2,1H3,(H,36,38)/t28-,29-,32?,33?/m0/s1. The Kier molecular flexibility index (Phi) is 5.79. The highest BCUT2D eigenvalue weighted by molar-refractivity contribution is 6.36. The van der Waals surface area contributed by atoms with E-state index in [-0.39, 0.29) is 0 Å². The Morgan fingerprint density at radius 3 is 1.59 bits per heavy atom. The van der Waals surface area contributed by atoms with Gasteiger partial charge in [0.05, 0.1) is 11.8 Å². The number of alkyl halides is 2. The number of imide groups is 1. The minimum absolute atomic E-state index is 0.446. The van der Waals surface area contributed by atoms with E-state index >= 15 is 0 Å². The maximum atomic E-state index is 13.9. The molecule has 1 fully saturated rings. The predicted octanol–water partition coefficient (Wildman–Crippen LogP) is 6.32. The number of rotatable bonds is 5. The van der Waals surface area contributed by atoms with Gasteiger partial charge in [-0.2, -0.15) is 0 Å². The second kappa shape index (κ2) is 9.20. The molecule has 2 bridgehead atoms. The van der Waals surface area contributed by atoms with E-state index < -0.39 is 45.9 Å². The van der Waals surface area contributed by atoms with Crippen molar-refractivity contribution in [3.8, 4) is 11.5 Å². The molecule has 2 atom stereocenters. The lowest BCUT2D eigenvalue weighted by atomic mass is 9.54. The lowest BCUT2D eigenvalue weighted by Gasteiger charge is -2.54. The van der Waals surface area contributed by atoms with Crippen LogP contribution in [0.3, 0.4) is 0 Å². The van der Waals surface area contributed by atoms with Gasteiger partial charge in [-0.15, -0.1) is 23.2 Å². The maximum absolute atomic E-state index is 13.9. The fourth-order valence-corrected chi connectivity index (χ4v) is 7.67. The highest BCUT2D eigenvalue weighted by Crippen LogP contribution is 2.69. The minimum Gasteiger partial charge on any atom is -0.457 e. The third-order valence-electron chi connectivity index (χ3n) is 8.37. The normalized spacial score (nSPS) is 25.4. The second-order valence-electron chi connectivity index (χ2n) is 10.7. The van der Waals surface area contributed by atoms with E-state index in [1.807, 2.05) is 79.7 Å². The summed E-state index contributed by atoms with van der Waals surface area (Å²) in [6.45, 7) is 1.56. The number of nitrogens with zero attached hydrogens (tertiary/aromatic N) is 1. The Morgan fingerprint density at radius 1 is 0.732 bits per heavy atom. The van der Waals surface area contributed by atoms with Crippen molar-refractivity contribution in [3.63, 3.8) is 0 Å². The fourth-order valence-electron chi connectivity index (χ4n) is 6.57. The monoisotopic (exact) mass is 582 g/mol. The number of amides is 3. The first kappa shape index (κ1) is 25.8. The average Bonchev–Trinajstić information content (AvgIpc) is 3.24. The van der Waals surface area contributed by atoms with E-state index in [1.165, 1.54) is 0 Å². The third kappa shape index (κ3) is 3.67. The molecule has 1 aliphatic heterocycles. The number of benzene rings is 4. The molecule has 1 heterocycles. The molecular weight excluding hydrogens is 559 g/mol. The second-order valence-corrected chi connectivity index (χ2v) is 11.9. The third-order valence-corrected chi connectivity index (χ3v) is 9.66. The summed E-state index contributed by atoms with van der Waals surface area (Å²) in [5, 5.41) is 2.77. The van der Waals surface area contributed by atoms with Crippen LogP contribution in [0.5, 0.6) is 11.5 Å². The SMILES string of the molecule is Cc1ccc(Oc2ccc(NC(=O)CN3C(=O)[C@@H]4[C@@H](C3=O)C3(Cl)c5ccccc5C4(Cl)c4ccccc43)cc2)cc1. The number of nitrogens with one attached hydrogen (secondary N) is 1. The van der Waals surface area contributed by atoms with Crippen LogP contribution in [0.2, 0.25) is 0 Å². The molecule has 4 aliphatic rings. The van der Waals surface area contributed by atoms with Crippen LogP contribution in [0.25, 0.3) is 0 Å². The van der Waals surface area contributed by atoms with E-state index in [2.05, 4.69) is 5.32 Å². The summed E-state index contributed by atoms with van der Waals surface area (Å²) in [7, 11) is 0. The van der Waals surface area contributed by atoms with Gasteiger partial charge < -0.3 is 10.1 Å². The Labute approximate surface area is 246 Å². The number of ether oxygens (including phenoxy) is 1. The summed E-state index contributed by atoms with van der Waals surface area (Å²) in [5.41, 5.74) is 4.52. The molecule has 6 nitrogen and oxygen atoms in total. The van der Waals surface area contributed by atoms with Gasteiger partial charge in [-0.25, -0.2) is 0 Å². The molecule has 1 N–H and O–H groups in total. The van der Waals surface area contributed by atoms with Crippen LogP contribution >= 0.6 is 23.2 Å². The Hall–Kier alpha value is -4.13. The summed E-state index contributed by atoms with van der Waals surface area (Å²) < 4.78 is 5.85. The molecule has 0 spiro atoms. The number of halogens is 2. The predicted molar refractivity (Wildman–Crippen MR) is 156 cm³/mol. The summed E-state index contributed by atoms with van der Waals surface area (Å²) in [6.07, 6.45) is 0. The first-order valence-corrected chi connectivity index (χ1v) is 14.1. The summed E-state index contributed by atoms with van der Waals surface area (Å²) in [6, 6.07) is 29.4. The molecule has 8 heteroatoms. The zero-order valence-corrected chi connectivity index (χ0v) is 23.4. The average molecular weight is 583 g/mol. The van der Waals surface area contributed by atoms with Crippen LogP contribution in [0.1, 0.15) is 27.8 Å². The molecule has 3 amide bonds. The topological polar surface area (TPSA) is 75.7 Å². The van der Waals surface area contributed by atoms with Crippen LogP contribution in [-0.4, -0.2) is 29.2 Å². The Bertz CT molecular complexity index is 1610. The largest absolute Gasteiger partial charge is 0.457 e. The smallest absolute Gasteiger partial charge is 0.244 e. The van der Waals surface area contributed by atoms with Crippen molar-refractivity contribution in [1.29, 1.82) is 0 Å². The van der Waals surface area contributed by atoms with E-state index in [0.717, 1.165) is 32.7 Å². The lowest BCUT2D eigenvalue weighted by molar-refractivity contribution is -0.142. The van der Waals surface area contributed by atoms with Crippen LogP contribution in [0.15, 0.2) is 97.1 Å². The molecular formula is C33H24Cl2N2O4. The Balaban J connectivity index is 1.14. The van der Waals surface area contributed by atoms with E-state index in [0.29, 0.717) is 17.2 Å². The van der Waals surface area contributed by atoms with Gasteiger partial charge in [0.2, 0.25) is 17.7 Å². The Morgan fingerprint density at radius 2 is 1.15 bits per heavy atom. The minimum atomic E-state index is -1.28. The van der Waals surface area contributed by atoms with Gasteiger partial charge in [0.1, 0.15) is 27.8 Å². The molecule has 1 saturated heterocycles. The van der Waals surface area contributed by atoms with E-state index in [1.54, 1.807) is 24.3 Å². The zero-order valence-electron chi connectivity index (χ0n) is 21.9. The van der Waals surface area contributed by atoms with Gasteiger partial charge in [-0.05, 0) is 65.6 Å². The fraction of sp³-hybridized carbons (Fsp3) is 0.182. The highest BCUT2D eigenvalue weighted by atomic mass is 35.5. The van der Waals surface area contributed by atoms with Crippen molar-refractivity contribution in [2.45, 2.75) is 16.7 Å². The van der Waals surface area contributed by atoms with Gasteiger partial charge in [-0.3, -0.25) is 19.3 Å². The van der Waals surface area contributed by atoms with Gasteiger partial charge in [0.25, 0.3) is 0 Å². The molecule has 0 radical (unpaired) electrons. The summed E-state index contributed by atoms with van der Waals surface area (Å²) in [4.78, 5) is 39.3. The maximum Gasteiger partial charge on any atom is 0.244 e. The summed E-state index contributed by atoms with van der Waals surface area (Å²) >= 11 is 14.8. The number of hydrogen-bond acceptors (Lipinski definition) is 4. The van der Waals surface area contributed by atoms with Gasteiger partial charge in [0.15, 0.2) is 0 Å². The van der Waals surface area contributed by atoms with Gasteiger partial charge >= 0.3 is 0 Å². The molecule has 0 unspecified atom stereocenters. The van der Waals surface area contributed by atoms with Crippen molar-refractivity contribution < 1.29 is 19.1 Å². The van der Waals surface area contributed by atoms with Crippen LogP contribution in [0, 0.1) is 18.8 Å². The van der Waals surface area contributed by atoms with E-state index in [4.69, 9.17) is 27.9 Å². The molecule has 4 aromatic rings. The number of hydrogen-bond donors (Lipinski definition) is 1. The molecule has 204 valence electrons. The molecule has 41 heavy (non-hydrogen) atoms. The van der Waals surface area contributed by atoms with E-state index in [9.17, 15) is 14.4 Å². The first-order chi connectivity index (χ1) is 19.7. The number of carbonyl (C=O) groups is 3. The number of anilines is 1. The van der Waals surface area contributed by atoms with Crippen LogP contribution in [-0.2, 0) is 24.1 Å². The van der Waals surface area contributed by atoms with Crippen LogP contribution in [0.4, 0.5) is 5.69 Å². The van der Waals surface area contributed by atoms with Gasteiger partial charge in [0, 0.05) is 5.69 Å². The number of aryl methyl sites for hydroxylation is 1. The number of carbonyl (C=O) groups excluding carboxylic acids is 3. The zero-order chi connectivity index (χ0) is 28.5. The number of likely N-dealkylation sites (tertiary alicyclic amines) is 1. The molecule has 8 rings (SSSR count). The molecule has 4 aromatic carbocycles. The highest BCUT2D eigenvalue weighted by Gasteiger charge is 2.73. The molecule has 0 saturated carbocycles. The van der Waals surface area contributed by atoms with Crippen LogP contribution < -0.4 is 10.1 Å². The van der Waals surface area contributed by atoms with Crippen molar-refractivity contribution >= 4 is 46.6 Å². The van der Waals surface area contributed by atoms with Crippen molar-refractivity contribution in [1.82, 2.24) is 4.90 Å². The summed E-state index contributed by atoms with van der Waals surface area (Å²) in [5.74, 6) is -2.08. The first-order valence-electron chi connectivity index (χ1n) is 13.3. The van der Waals surface area contributed by atoms with Crippen molar-refractivity contribution in [2.24, 2.45) is 11.8 Å². The van der Waals surface area contributed by atoms with Gasteiger partial charge in [-0.1, -0.05) is 66.2 Å². The van der Waals surface area contributed by atoms with Crippen molar-refractivity contribution in [3.05, 3.63) is 125 Å². The lowest BCUT2D eigenvalue weighted by Crippen LogP contribution is -2.57. The molecule has 0 aromatic heterocycles. The molecule has 3 aliphatic carbocycles.